The van der Waals surface area contributed by atoms with Gasteiger partial charge < -0.3 is 15.5 Å². The Balaban J connectivity index is 1.53. The van der Waals surface area contributed by atoms with E-state index in [-0.39, 0.29) is 11.4 Å². The summed E-state index contributed by atoms with van der Waals surface area (Å²) in [5.74, 6) is 1.55. The second-order valence-corrected chi connectivity index (χ2v) is 9.53. The molecule has 2 aromatic heterocycles. The van der Waals surface area contributed by atoms with Crippen LogP contribution in [0.25, 0.3) is 5.69 Å². The number of nitrogens with zero attached hydrogens (tertiary/aromatic N) is 4. The first-order valence-corrected chi connectivity index (χ1v) is 11.4. The number of amides is 2. The van der Waals surface area contributed by atoms with Crippen molar-refractivity contribution in [1.29, 1.82) is 0 Å². The van der Waals surface area contributed by atoms with Crippen LogP contribution in [0.1, 0.15) is 37.7 Å². The molecule has 0 bridgehead atoms. The van der Waals surface area contributed by atoms with Gasteiger partial charge in [0, 0.05) is 37.7 Å². The molecule has 1 saturated heterocycles. The molecule has 0 spiro atoms. The third-order valence-corrected chi connectivity index (χ3v) is 5.76. The average molecular weight is 448 g/mol. The van der Waals surface area contributed by atoms with Crippen molar-refractivity contribution in [2.45, 2.75) is 40.0 Å². The Kier molecular flexibility index (Phi) is 6.37. The lowest BCUT2D eigenvalue weighted by Crippen LogP contribution is -2.43. The predicted octanol–water partition coefficient (Wildman–Crippen LogP) is 4.24. The molecule has 0 atom stereocenters. The van der Waals surface area contributed by atoms with Crippen LogP contribution in [-0.4, -0.2) is 47.0 Å². The molecule has 1 aromatic carbocycles. The number of hydrogen-bond donors (Lipinski definition) is 3. The van der Waals surface area contributed by atoms with Gasteiger partial charge >= 0.3 is 6.03 Å². The van der Waals surface area contributed by atoms with Gasteiger partial charge in [-0.2, -0.15) is 5.10 Å². The molecule has 0 saturated carbocycles. The number of pyridine rings is 1. The third kappa shape index (κ3) is 5.34. The lowest BCUT2D eigenvalue weighted by atomic mass is 9.92. The summed E-state index contributed by atoms with van der Waals surface area (Å²) in [5.41, 5.74) is 4.28. The Hall–Kier alpha value is -3.39. The topological polar surface area (TPSA) is 87.1 Å². The van der Waals surface area contributed by atoms with E-state index in [9.17, 15) is 4.79 Å². The van der Waals surface area contributed by atoms with E-state index in [4.69, 9.17) is 10.1 Å². The Morgan fingerprint density at radius 1 is 1.00 bits per heavy atom. The van der Waals surface area contributed by atoms with Crippen molar-refractivity contribution in [2.75, 3.05) is 41.7 Å². The van der Waals surface area contributed by atoms with Gasteiger partial charge in [-0.05, 0) is 38.1 Å². The van der Waals surface area contributed by atoms with E-state index < -0.39 is 0 Å². The van der Waals surface area contributed by atoms with Crippen LogP contribution in [0.15, 0.2) is 42.5 Å². The zero-order valence-corrected chi connectivity index (χ0v) is 20.1. The first-order chi connectivity index (χ1) is 15.7. The van der Waals surface area contributed by atoms with E-state index in [1.165, 1.54) is 5.56 Å². The van der Waals surface area contributed by atoms with Crippen LogP contribution in [-0.2, 0) is 5.41 Å². The number of aromatic nitrogens is 3. The molecule has 3 aromatic rings. The highest BCUT2D eigenvalue weighted by Crippen LogP contribution is 2.27. The maximum atomic E-state index is 12.9. The monoisotopic (exact) mass is 447 g/mol. The molecule has 1 aliphatic rings. The Morgan fingerprint density at radius 3 is 2.33 bits per heavy atom. The fourth-order valence-corrected chi connectivity index (χ4v) is 3.74. The van der Waals surface area contributed by atoms with Gasteiger partial charge in [-0.3, -0.25) is 5.32 Å². The number of aryl methyl sites for hydroxylation is 2. The van der Waals surface area contributed by atoms with Crippen LogP contribution >= 0.6 is 0 Å². The van der Waals surface area contributed by atoms with Crippen LogP contribution in [0, 0.1) is 13.8 Å². The number of nitrogens with one attached hydrogen (secondary N) is 3. The first kappa shape index (κ1) is 22.8. The molecule has 1 aliphatic heterocycles. The quantitative estimate of drug-likeness (QED) is 0.557. The fourth-order valence-electron chi connectivity index (χ4n) is 3.74. The van der Waals surface area contributed by atoms with Gasteiger partial charge in [0.1, 0.15) is 11.6 Å². The number of carbonyl (C=O) groups is 1. The van der Waals surface area contributed by atoms with E-state index in [1.54, 1.807) is 4.68 Å². The maximum absolute atomic E-state index is 12.9. The number of carbonyl (C=O) groups excluding carboxylic acids is 1. The third-order valence-electron chi connectivity index (χ3n) is 5.76. The standard InChI is InChI=1S/C25H33N7O/c1-17-6-8-19(9-7-17)32-23(16-21(30-32)25(3,4)5)29-24(33)28-20-10-11-22(27-18(20)2)31-14-12-26-13-15-31/h6-11,16,26H,12-15H2,1-5H3,(H2,28,29,33). The van der Waals surface area contributed by atoms with Crippen LogP contribution in [0.4, 0.5) is 22.1 Å². The van der Waals surface area contributed by atoms with Crippen molar-refractivity contribution in [3.05, 3.63) is 59.4 Å². The van der Waals surface area contributed by atoms with Gasteiger partial charge in [0.25, 0.3) is 0 Å². The predicted molar refractivity (Wildman–Crippen MR) is 134 cm³/mol. The summed E-state index contributed by atoms with van der Waals surface area (Å²) in [7, 11) is 0. The normalized spacial score (nSPS) is 14.3. The van der Waals surface area contributed by atoms with E-state index in [2.05, 4.69) is 41.6 Å². The molecule has 0 radical (unpaired) electrons. The number of rotatable bonds is 4. The van der Waals surface area contributed by atoms with Crippen LogP contribution in [0.5, 0.6) is 0 Å². The summed E-state index contributed by atoms with van der Waals surface area (Å²) >= 11 is 0. The van der Waals surface area contributed by atoms with Crippen molar-refractivity contribution >= 4 is 23.4 Å². The molecule has 3 heterocycles. The average Bonchev–Trinajstić information content (AvgIpc) is 3.20. The van der Waals surface area contributed by atoms with Gasteiger partial charge in [-0.1, -0.05) is 38.5 Å². The Labute approximate surface area is 195 Å². The molecule has 0 unspecified atom stereocenters. The van der Waals surface area contributed by atoms with Gasteiger partial charge in [-0.25, -0.2) is 14.5 Å². The van der Waals surface area contributed by atoms with Crippen LogP contribution in [0.3, 0.4) is 0 Å². The minimum Gasteiger partial charge on any atom is -0.354 e. The van der Waals surface area contributed by atoms with Crippen molar-refractivity contribution < 1.29 is 4.79 Å². The summed E-state index contributed by atoms with van der Waals surface area (Å²) in [4.78, 5) is 19.9. The number of hydrogen-bond acceptors (Lipinski definition) is 5. The van der Waals surface area contributed by atoms with Crippen molar-refractivity contribution in [3.63, 3.8) is 0 Å². The van der Waals surface area contributed by atoms with E-state index in [1.807, 2.05) is 56.3 Å². The molecule has 174 valence electrons. The van der Waals surface area contributed by atoms with Gasteiger partial charge in [0.05, 0.1) is 22.8 Å². The minimum atomic E-state index is -0.330. The van der Waals surface area contributed by atoms with E-state index >= 15 is 0 Å². The molecule has 4 rings (SSSR count). The smallest absolute Gasteiger partial charge is 0.324 e. The molecule has 1 fully saturated rings. The number of urea groups is 1. The van der Waals surface area contributed by atoms with E-state index in [0.717, 1.165) is 49.1 Å². The summed E-state index contributed by atoms with van der Waals surface area (Å²) < 4.78 is 1.78. The number of piperazine rings is 1. The first-order valence-electron chi connectivity index (χ1n) is 11.4. The highest BCUT2D eigenvalue weighted by atomic mass is 16.2. The lowest BCUT2D eigenvalue weighted by molar-refractivity contribution is 0.262. The summed E-state index contributed by atoms with van der Waals surface area (Å²) in [6.45, 7) is 14.0. The molecule has 0 aliphatic carbocycles. The zero-order chi connectivity index (χ0) is 23.6. The van der Waals surface area contributed by atoms with Crippen molar-refractivity contribution in [1.82, 2.24) is 20.1 Å². The molecular formula is C25H33N7O. The maximum Gasteiger partial charge on any atom is 0.324 e. The summed E-state index contributed by atoms with van der Waals surface area (Å²) in [5, 5.41) is 14.0. The molecule has 8 heteroatoms. The van der Waals surface area contributed by atoms with E-state index in [0.29, 0.717) is 11.5 Å². The minimum absolute atomic E-state index is 0.150. The SMILES string of the molecule is Cc1ccc(-n2nc(C(C)(C)C)cc2NC(=O)Nc2ccc(N3CCNCC3)nc2C)cc1. The molecular weight excluding hydrogens is 414 g/mol. The zero-order valence-electron chi connectivity index (χ0n) is 20.1. The highest BCUT2D eigenvalue weighted by Gasteiger charge is 2.22. The largest absolute Gasteiger partial charge is 0.354 e. The van der Waals surface area contributed by atoms with Gasteiger partial charge in [0.15, 0.2) is 0 Å². The van der Waals surface area contributed by atoms with Gasteiger partial charge in [0.2, 0.25) is 0 Å². The van der Waals surface area contributed by atoms with Crippen LogP contribution < -0.4 is 20.9 Å². The summed E-state index contributed by atoms with van der Waals surface area (Å²) in [6.07, 6.45) is 0. The second-order valence-electron chi connectivity index (χ2n) is 9.53. The highest BCUT2D eigenvalue weighted by molar-refractivity contribution is 5.99. The molecule has 3 N–H and O–H groups in total. The van der Waals surface area contributed by atoms with Crippen molar-refractivity contribution in [3.8, 4) is 5.69 Å². The second kappa shape index (κ2) is 9.23. The Bertz CT molecular complexity index is 1120. The number of benzene rings is 1. The summed E-state index contributed by atoms with van der Waals surface area (Å²) in [6, 6.07) is 13.5. The molecule has 8 nitrogen and oxygen atoms in total. The Morgan fingerprint density at radius 2 is 1.70 bits per heavy atom. The van der Waals surface area contributed by atoms with Gasteiger partial charge in [-0.15, -0.1) is 0 Å². The fraction of sp³-hybridized carbons (Fsp3) is 0.400. The molecule has 2 amide bonds. The number of anilines is 3. The van der Waals surface area contributed by atoms with Crippen molar-refractivity contribution in [2.24, 2.45) is 0 Å². The van der Waals surface area contributed by atoms with Crippen LogP contribution in [0.2, 0.25) is 0 Å². The molecule has 33 heavy (non-hydrogen) atoms. The lowest BCUT2D eigenvalue weighted by Gasteiger charge is -2.28.